The Morgan fingerprint density at radius 3 is 2.16 bits per heavy atom. The third-order valence-electron chi connectivity index (χ3n) is 7.74. The lowest BCUT2D eigenvalue weighted by Gasteiger charge is -2.23. The maximum Gasteiger partial charge on any atom is 0.282 e. The van der Waals surface area contributed by atoms with Gasteiger partial charge in [0.15, 0.2) is 0 Å². The van der Waals surface area contributed by atoms with E-state index < -0.39 is 0 Å². The Labute approximate surface area is 218 Å². The van der Waals surface area contributed by atoms with Crippen molar-refractivity contribution in [3.63, 3.8) is 0 Å². The summed E-state index contributed by atoms with van der Waals surface area (Å²) in [5.74, 6) is 1.51. The predicted molar refractivity (Wildman–Crippen MR) is 152 cm³/mol. The Hall–Kier alpha value is -3.61. The molecule has 0 unspecified atom stereocenters. The van der Waals surface area contributed by atoms with E-state index in [-0.39, 0.29) is 5.56 Å². The highest BCUT2D eigenvalue weighted by atomic mass is 16.1. The lowest BCUT2D eigenvalue weighted by molar-refractivity contribution is 0.697. The van der Waals surface area contributed by atoms with Crippen molar-refractivity contribution in [1.29, 1.82) is 0 Å². The SMILES string of the molecule is O=c1nc2n(CC=Cc3ccccc3)nc(N3CCCCCC3)n2c2cc(N3CCCCCC3)ccc12. The summed E-state index contributed by atoms with van der Waals surface area (Å²) in [6.45, 7) is 4.64. The highest BCUT2D eigenvalue weighted by molar-refractivity contribution is 5.85. The van der Waals surface area contributed by atoms with Crippen LogP contribution in [0.25, 0.3) is 22.8 Å². The summed E-state index contributed by atoms with van der Waals surface area (Å²) in [5, 5.41) is 5.73. The molecule has 0 atom stereocenters. The van der Waals surface area contributed by atoms with Crippen LogP contribution in [0.4, 0.5) is 11.6 Å². The van der Waals surface area contributed by atoms with Gasteiger partial charge in [-0.25, -0.2) is 9.08 Å². The van der Waals surface area contributed by atoms with E-state index in [1.54, 1.807) is 0 Å². The molecule has 7 heteroatoms. The predicted octanol–water partition coefficient (Wildman–Crippen LogP) is 5.52. The number of hydrogen-bond donors (Lipinski definition) is 0. The van der Waals surface area contributed by atoms with Gasteiger partial charge in [-0.2, -0.15) is 4.98 Å². The maximum atomic E-state index is 13.2. The molecule has 2 aliphatic heterocycles. The van der Waals surface area contributed by atoms with Crippen molar-refractivity contribution >= 4 is 34.4 Å². The van der Waals surface area contributed by atoms with Crippen molar-refractivity contribution in [2.24, 2.45) is 0 Å². The zero-order valence-corrected chi connectivity index (χ0v) is 21.6. The van der Waals surface area contributed by atoms with Crippen molar-refractivity contribution < 1.29 is 0 Å². The van der Waals surface area contributed by atoms with Crippen molar-refractivity contribution in [2.45, 2.75) is 57.9 Å². The number of benzene rings is 2. The molecule has 2 fully saturated rings. The van der Waals surface area contributed by atoms with Crippen LogP contribution >= 0.6 is 0 Å². The van der Waals surface area contributed by atoms with Crippen LogP contribution in [-0.4, -0.2) is 45.3 Å². The number of rotatable bonds is 5. The van der Waals surface area contributed by atoms with E-state index in [2.05, 4.69) is 55.6 Å². The molecule has 0 saturated carbocycles. The van der Waals surface area contributed by atoms with Gasteiger partial charge >= 0.3 is 0 Å². The minimum atomic E-state index is -0.187. The van der Waals surface area contributed by atoms with E-state index in [0.29, 0.717) is 17.7 Å². The van der Waals surface area contributed by atoms with E-state index in [1.807, 2.05) is 28.9 Å². The van der Waals surface area contributed by atoms with Crippen molar-refractivity contribution in [3.05, 3.63) is 70.5 Å². The van der Waals surface area contributed by atoms with Crippen LogP contribution in [0.15, 0.2) is 59.4 Å². The fourth-order valence-electron chi connectivity index (χ4n) is 5.74. The van der Waals surface area contributed by atoms with Gasteiger partial charge in [0.25, 0.3) is 5.56 Å². The zero-order chi connectivity index (χ0) is 25.0. The highest BCUT2D eigenvalue weighted by Gasteiger charge is 2.22. The van der Waals surface area contributed by atoms with Crippen LogP contribution in [-0.2, 0) is 6.54 Å². The maximum absolute atomic E-state index is 13.2. The number of hydrogen-bond acceptors (Lipinski definition) is 5. The van der Waals surface area contributed by atoms with E-state index >= 15 is 0 Å². The molecule has 0 radical (unpaired) electrons. The molecule has 7 nitrogen and oxygen atoms in total. The lowest BCUT2D eigenvalue weighted by atomic mass is 10.2. The van der Waals surface area contributed by atoms with Crippen LogP contribution in [0.3, 0.4) is 0 Å². The smallest absolute Gasteiger partial charge is 0.282 e. The number of nitrogens with zero attached hydrogens (tertiary/aromatic N) is 6. The molecule has 0 aliphatic carbocycles. The molecule has 37 heavy (non-hydrogen) atoms. The molecule has 2 saturated heterocycles. The Kier molecular flexibility index (Phi) is 6.93. The number of anilines is 2. The molecule has 4 heterocycles. The molecule has 6 rings (SSSR count). The van der Waals surface area contributed by atoms with Crippen LogP contribution in [0, 0.1) is 0 Å². The van der Waals surface area contributed by atoms with Crippen molar-refractivity contribution in [1.82, 2.24) is 19.2 Å². The monoisotopic (exact) mass is 496 g/mol. The molecule has 2 aromatic carbocycles. The quantitative estimate of drug-likeness (QED) is 0.364. The Morgan fingerprint density at radius 2 is 1.46 bits per heavy atom. The average Bonchev–Trinajstić information content (AvgIpc) is 3.17. The lowest BCUT2D eigenvalue weighted by Crippen LogP contribution is -2.27. The summed E-state index contributed by atoms with van der Waals surface area (Å²) < 4.78 is 4.03. The summed E-state index contributed by atoms with van der Waals surface area (Å²) >= 11 is 0. The largest absolute Gasteiger partial charge is 0.371 e. The first-order chi connectivity index (χ1) is 18.3. The standard InChI is InChI=1S/C30H36N6O/c37-28-26-17-16-25(33-18-8-1-2-9-19-33)23-27(26)36-29(31-28)35(22-12-15-24-13-6-5-7-14-24)32-30(36)34-20-10-3-4-11-21-34/h5-7,12-17,23H,1-4,8-11,18-22H2. The first-order valence-corrected chi connectivity index (χ1v) is 13.9. The number of allylic oxidation sites excluding steroid dienone is 1. The summed E-state index contributed by atoms with van der Waals surface area (Å²) in [7, 11) is 0. The number of fused-ring (bicyclic) bond motifs is 3. The fraction of sp³-hybridized carbons (Fsp3) is 0.433. The summed E-state index contributed by atoms with van der Waals surface area (Å²) in [4.78, 5) is 22.6. The van der Waals surface area contributed by atoms with Gasteiger partial charge in [-0.1, -0.05) is 68.2 Å². The van der Waals surface area contributed by atoms with Crippen molar-refractivity contribution in [2.75, 3.05) is 36.0 Å². The minimum absolute atomic E-state index is 0.187. The fourth-order valence-corrected chi connectivity index (χ4v) is 5.74. The molecule has 0 spiro atoms. The Bertz CT molecular complexity index is 1440. The molecule has 192 valence electrons. The van der Waals surface area contributed by atoms with Crippen LogP contribution in [0.1, 0.15) is 56.9 Å². The third kappa shape index (κ3) is 4.99. The van der Waals surface area contributed by atoms with Gasteiger partial charge in [0.2, 0.25) is 11.7 Å². The summed E-state index contributed by atoms with van der Waals surface area (Å²) in [6, 6.07) is 16.5. The van der Waals surface area contributed by atoms with E-state index in [4.69, 9.17) is 5.10 Å². The Balaban J connectivity index is 1.48. The summed E-state index contributed by atoms with van der Waals surface area (Å²) in [5.41, 5.74) is 3.05. The second kappa shape index (κ2) is 10.8. The van der Waals surface area contributed by atoms with E-state index in [0.717, 1.165) is 56.0 Å². The van der Waals surface area contributed by atoms with Crippen LogP contribution in [0.2, 0.25) is 0 Å². The molecular formula is C30H36N6O. The molecular weight excluding hydrogens is 460 g/mol. The number of aromatic nitrogens is 4. The first-order valence-electron chi connectivity index (χ1n) is 13.9. The van der Waals surface area contributed by atoms with Crippen molar-refractivity contribution in [3.8, 4) is 0 Å². The topological polar surface area (TPSA) is 58.7 Å². The molecule has 4 aromatic rings. The average molecular weight is 497 g/mol. The molecule has 0 amide bonds. The van der Waals surface area contributed by atoms with Gasteiger partial charge in [0.05, 0.1) is 17.4 Å². The van der Waals surface area contributed by atoms with Gasteiger partial charge in [0, 0.05) is 31.9 Å². The Morgan fingerprint density at radius 1 is 0.784 bits per heavy atom. The van der Waals surface area contributed by atoms with Gasteiger partial charge in [0.1, 0.15) is 0 Å². The molecule has 2 aromatic heterocycles. The highest BCUT2D eigenvalue weighted by Crippen LogP contribution is 2.27. The van der Waals surface area contributed by atoms with Gasteiger partial charge in [-0.15, -0.1) is 5.10 Å². The van der Waals surface area contributed by atoms with Crippen LogP contribution in [0.5, 0.6) is 0 Å². The normalized spacial score (nSPS) is 17.5. The van der Waals surface area contributed by atoms with Gasteiger partial charge in [-0.3, -0.25) is 4.79 Å². The summed E-state index contributed by atoms with van der Waals surface area (Å²) in [6.07, 6.45) is 14.0. The zero-order valence-electron chi connectivity index (χ0n) is 21.6. The first kappa shape index (κ1) is 23.8. The second-order valence-electron chi connectivity index (χ2n) is 10.4. The van der Waals surface area contributed by atoms with Gasteiger partial charge < -0.3 is 9.80 Å². The van der Waals surface area contributed by atoms with Gasteiger partial charge in [-0.05, 0) is 49.4 Å². The van der Waals surface area contributed by atoms with Crippen LogP contribution < -0.4 is 15.4 Å². The van der Waals surface area contributed by atoms with E-state index in [1.165, 1.54) is 44.2 Å². The third-order valence-corrected chi connectivity index (χ3v) is 7.74. The van der Waals surface area contributed by atoms with E-state index in [9.17, 15) is 4.79 Å². The minimum Gasteiger partial charge on any atom is -0.371 e. The second-order valence-corrected chi connectivity index (χ2v) is 10.4. The molecule has 0 bridgehead atoms. The molecule has 2 aliphatic rings. The molecule has 0 N–H and O–H groups in total.